The first kappa shape index (κ1) is 14.7. The molecule has 0 amide bonds. The molecule has 2 heterocycles. The van der Waals surface area contributed by atoms with Gasteiger partial charge in [-0.25, -0.2) is 8.42 Å². The van der Waals surface area contributed by atoms with Crippen LogP contribution in [0, 0.1) is 0 Å². The summed E-state index contributed by atoms with van der Waals surface area (Å²) in [7, 11) is -3.44. The normalized spacial score (nSPS) is 20.8. The van der Waals surface area contributed by atoms with Gasteiger partial charge < -0.3 is 5.32 Å². The Morgan fingerprint density at radius 3 is 2.83 bits per heavy atom. The number of hydrogen-bond acceptors (Lipinski definition) is 4. The van der Waals surface area contributed by atoms with E-state index in [1.54, 1.807) is 4.31 Å². The van der Waals surface area contributed by atoms with Gasteiger partial charge in [-0.15, -0.1) is 11.3 Å². The average molecular weight is 374 g/mol. The van der Waals surface area contributed by atoms with Crippen LogP contribution in [0.2, 0.25) is 5.02 Å². The van der Waals surface area contributed by atoms with Crippen LogP contribution in [0.25, 0.3) is 0 Å². The molecule has 4 nitrogen and oxygen atoms in total. The van der Waals surface area contributed by atoms with Gasteiger partial charge in [0.1, 0.15) is 4.21 Å². The van der Waals surface area contributed by atoms with E-state index in [0.717, 1.165) is 24.3 Å². The van der Waals surface area contributed by atoms with Gasteiger partial charge in [-0.1, -0.05) is 18.5 Å². The predicted octanol–water partition coefficient (Wildman–Crippen LogP) is 2.54. The van der Waals surface area contributed by atoms with Gasteiger partial charge in [0.2, 0.25) is 0 Å². The van der Waals surface area contributed by atoms with E-state index in [9.17, 15) is 8.42 Å². The van der Waals surface area contributed by atoms with Crippen LogP contribution in [-0.2, 0) is 10.0 Å². The third kappa shape index (κ3) is 2.76. The van der Waals surface area contributed by atoms with Crippen LogP contribution < -0.4 is 5.32 Å². The number of sulfonamides is 1. The summed E-state index contributed by atoms with van der Waals surface area (Å²) in [5.74, 6) is 0. The van der Waals surface area contributed by atoms with E-state index in [2.05, 4.69) is 21.2 Å². The molecule has 1 saturated heterocycles. The Bertz CT molecular complexity index is 506. The summed E-state index contributed by atoms with van der Waals surface area (Å²) in [4.78, 5) is 0. The van der Waals surface area contributed by atoms with Crippen LogP contribution in [0.5, 0.6) is 0 Å². The average Bonchev–Trinajstić information content (AvgIpc) is 2.91. The maximum atomic E-state index is 12.5. The van der Waals surface area contributed by atoms with E-state index in [-0.39, 0.29) is 6.04 Å². The van der Waals surface area contributed by atoms with Crippen molar-refractivity contribution >= 4 is 48.9 Å². The Balaban J connectivity index is 2.33. The number of halogens is 2. The van der Waals surface area contributed by atoms with Crippen LogP contribution >= 0.6 is 38.9 Å². The zero-order valence-corrected chi connectivity index (χ0v) is 13.8. The van der Waals surface area contributed by atoms with Gasteiger partial charge in [0.05, 0.1) is 8.81 Å². The fourth-order valence-electron chi connectivity index (χ4n) is 2.08. The van der Waals surface area contributed by atoms with Crippen LogP contribution in [-0.4, -0.2) is 38.4 Å². The first-order valence-corrected chi connectivity index (χ1v) is 9.07. The van der Waals surface area contributed by atoms with E-state index in [1.165, 1.54) is 6.07 Å². The molecule has 0 bridgehead atoms. The molecule has 1 unspecified atom stereocenters. The van der Waals surface area contributed by atoms with Crippen molar-refractivity contribution in [3.05, 3.63) is 14.9 Å². The molecule has 0 aliphatic carbocycles. The quantitative estimate of drug-likeness (QED) is 0.882. The smallest absolute Gasteiger partial charge is 0.252 e. The highest BCUT2D eigenvalue weighted by atomic mass is 79.9. The number of thiophene rings is 1. The van der Waals surface area contributed by atoms with Crippen molar-refractivity contribution in [3.63, 3.8) is 0 Å². The summed E-state index contributed by atoms with van der Waals surface area (Å²) in [6, 6.07) is 1.55. The summed E-state index contributed by atoms with van der Waals surface area (Å²) in [5, 5.41) is 3.63. The molecule has 1 aromatic heterocycles. The molecule has 1 aliphatic heterocycles. The Hall–Kier alpha value is 0.340. The molecule has 1 aromatic rings. The molecule has 0 saturated carbocycles. The van der Waals surface area contributed by atoms with E-state index < -0.39 is 10.0 Å². The lowest BCUT2D eigenvalue weighted by Crippen LogP contribution is -2.41. The molecular formula is C10H14BrClN2O2S2. The van der Waals surface area contributed by atoms with Gasteiger partial charge >= 0.3 is 0 Å². The monoisotopic (exact) mass is 372 g/mol. The molecule has 1 fully saturated rings. The molecule has 1 aliphatic rings. The number of hydrogen-bond donors (Lipinski definition) is 1. The minimum absolute atomic E-state index is 0.0413. The highest BCUT2D eigenvalue weighted by Gasteiger charge is 2.33. The van der Waals surface area contributed by atoms with Gasteiger partial charge in [-0.3, -0.25) is 0 Å². The third-order valence-corrected chi connectivity index (χ3v) is 7.89. The van der Waals surface area contributed by atoms with Gasteiger partial charge in [0.25, 0.3) is 10.0 Å². The standard InChI is InChI=1S/C10H14BrClN2O2S2/c1-2-14(7-3-4-13-6-7)18(15,16)9-5-8(12)10(11)17-9/h5,7,13H,2-4,6H2,1H3. The number of nitrogens with one attached hydrogen (secondary N) is 1. The predicted molar refractivity (Wildman–Crippen MR) is 77.9 cm³/mol. The zero-order chi connectivity index (χ0) is 13.3. The topological polar surface area (TPSA) is 49.4 Å². The largest absolute Gasteiger partial charge is 0.315 e. The second-order valence-corrected chi connectivity index (χ2v) is 8.94. The number of nitrogens with zero attached hydrogens (tertiary/aromatic N) is 1. The van der Waals surface area contributed by atoms with Crippen molar-refractivity contribution in [1.82, 2.24) is 9.62 Å². The summed E-state index contributed by atoms with van der Waals surface area (Å²) in [6.07, 6.45) is 0.855. The molecule has 0 radical (unpaired) electrons. The lowest BCUT2D eigenvalue weighted by atomic mass is 10.3. The van der Waals surface area contributed by atoms with Crippen LogP contribution in [0.3, 0.4) is 0 Å². The minimum atomic E-state index is -3.44. The van der Waals surface area contributed by atoms with Crippen LogP contribution in [0.4, 0.5) is 0 Å². The summed E-state index contributed by atoms with van der Waals surface area (Å²) in [5.41, 5.74) is 0. The molecule has 8 heteroatoms. The Labute approximate surface area is 124 Å². The van der Waals surface area contributed by atoms with Gasteiger partial charge in [0.15, 0.2) is 0 Å². The van der Waals surface area contributed by atoms with Crippen molar-refractivity contribution in [2.75, 3.05) is 19.6 Å². The van der Waals surface area contributed by atoms with Gasteiger partial charge in [-0.05, 0) is 35.0 Å². The minimum Gasteiger partial charge on any atom is -0.315 e. The van der Waals surface area contributed by atoms with E-state index in [1.807, 2.05) is 6.92 Å². The second kappa shape index (κ2) is 5.76. The Kier molecular flexibility index (Phi) is 4.72. The van der Waals surface area contributed by atoms with Crippen LogP contribution in [0.15, 0.2) is 14.1 Å². The van der Waals surface area contributed by atoms with E-state index in [4.69, 9.17) is 11.6 Å². The Morgan fingerprint density at radius 1 is 1.67 bits per heavy atom. The Morgan fingerprint density at radius 2 is 2.39 bits per heavy atom. The van der Waals surface area contributed by atoms with E-state index in [0.29, 0.717) is 26.1 Å². The molecule has 1 atom stereocenters. The summed E-state index contributed by atoms with van der Waals surface area (Å²) in [6.45, 7) is 3.92. The van der Waals surface area contributed by atoms with Crippen molar-refractivity contribution in [2.45, 2.75) is 23.6 Å². The molecule has 1 N–H and O–H groups in total. The summed E-state index contributed by atoms with van der Waals surface area (Å²) >= 11 is 10.3. The summed E-state index contributed by atoms with van der Waals surface area (Å²) < 4.78 is 27.6. The number of rotatable bonds is 4. The van der Waals surface area contributed by atoms with Crippen molar-refractivity contribution in [3.8, 4) is 0 Å². The molecule has 0 aromatic carbocycles. The number of likely N-dealkylation sites (N-methyl/N-ethyl adjacent to an activating group) is 1. The highest BCUT2D eigenvalue weighted by Crippen LogP contribution is 2.36. The first-order chi connectivity index (χ1) is 8.46. The first-order valence-electron chi connectivity index (χ1n) is 5.64. The maximum absolute atomic E-state index is 12.5. The van der Waals surface area contributed by atoms with Gasteiger partial charge in [0, 0.05) is 19.1 Å². The van der Waals surface area contributed by atoms with E-state index >= 15 is 0 Å². The fraction of sp³-hybridized carbons (Fsp3) is 0.600. The molecule has 102 valence electrons. The molecule has 18 heavy (non-hydrogen) atoms. The molecular weight excluding hydrogens is 360 g/mol. The molecule has 2 rings (SSSR count). The van der Waals surface area contributed by atoms with Crippen molar-refractivity contribution < 1.29 is 8.42 Å². The molecule has 0 spiro atoms. The SMILES string of the molecule is CCN(C1CCNC1)S(=O)(=O)c1cc(Cl)c(Br)s1. The van der Waals surface area contributed by atoms with Gasteiger partial charge in [-0.2, -0.15) is 4.31 Å². The highest BCUT2D eigenvalue weighted by molar-refractivity contribution is 9.11. The van der Waals surface area contributed by atoms with Crippen molar-refractivity contribution in [2.24, 2.45) is 0 Å². The lowest BCUT2D eigenvalue weighted by Gasteiger charge is -2.25. The van der Waals surface area contributed by atoms with Crippen molar-refractivity contribution in [1.29, 1.82) is 0 Å². The fourth-order valence-corrected chi connectivity index (χ4v) is 6.27. The maximum Gasteiger partial charge on any atom is 0.252 e. The lowest BCUT2D eigenvalue weighted by molar-refractivity contribution is 0.349. The third-order valence-electron chi connectivity index (χ3n) is 2.94. The zero-order valence-electron chi connectivity index (χ0n) is 9.82. The second-order valence-electron chi connectivity index (χ2n) is 4.04. The van der Waals surface area contributed by atoms with Crippen LogP contribution in [0.1, 0.15) is 13.3 Å².